The lowest BCUT2D eigenvalue weighted by Gasteiger charge is -2.32. The predicted octanol–water partition coefficient (Wildman–Crippen LogP) is 2.70. The highest BCUT2D eigenvalue weighted by molar-refractivity contribution is 5.84. The van der Waals surface area contributed by atoms with Crippen LogP contribution in [-0.4, -0.2) is 16.3 Å². The van der Waals surface area contributed by atoms with Gasteiger partial charge in [0.05, 0.1) is 17.9 Å². The zero-order valence-electron chi connectivity index (χ0n) is 9.77. The number of nitrogens with zero attached hydrogens (tertiary/aromatic N) is 3. The molecule has 0 radical (unpaired) electrons. The third kappa shape index (κ3) is 1.69. The second kappa shape index (κ2) is 3.67. The van der Waals surface area contributed by atoms with Crippen LogP contribution >= 0.6 is 0 Å². The van der Waals surface area contributed by atoms with Gasteiger partial charge in [0, 0.05) is 12.1 Å². The van der Waals surface area contributed by atoms with Gasteiger partial charge in [0.15, 0.2) is 6.04 Å². The zero-order valence-corrected chi connectivity index (χ0v) is 9.77. The first kappa shape index (κ1) is 10.7. The van der Waals surface area contributed by atoms with E-state index >= 15 is 0 Å². The molecule has 0 saturated heterocycles. The van der Waals surface area contributed by atoms with Crippen molar-refractivity contribution in [2.75, 3.05) is 0 Å². The molecule has 1 unspecified atom stereocenters. The summed E-state index contributed by atoms with van der Waals surface area (Å²) in [4.78, 5) is 0. The quantitative estimate of drug-likeness (QED) is 0.765. The molecule has 0 saturated carbocycles. The topological polar surface area (TPSA) is 52.5 Å². The van der Waals surface area contributed by atoms with Crippen molar-refractivity contribution < 1.29 is 4.42 Å². The minimum Gasteiger partial charge on any atom is -0.466 e. The van der Waals surface area contributed by atoms with Crippen LogP contribution in [0.4, 0.5) is 0 Å². The highest BCUT2D eigenvalue weighted by Gasteiger charge is 2.38. The molecule has 0 aromatic carbocycles. The van der Waals surface area contributed by atoms with Gasteiger partial charge in [0.25, 0.3) is 0 Å². The highest BCUT2D eigenvalue weighted by Crippen LogP contribution is 2.35. The summed E-state index contributed by atoms with van der Waals surface area (Å²) in [5.74, 6) is 0.647. The van der Waals surface area contributed by atoms with Crippen molar-refractivity contribution in [1.82, 2.24) is 5.01 Å². The van der Waals surface area contributed by atoms with E-state index in [1.54, 1.807) is 12.3 Å². The minimum absolute atomic E-state index is 0.128. The second-order valence-corrected chi connectivity index (χ2v) is 4.72. The van der Waals surface area contributed by atoms with E-state index in [0.717, 1.165) is 12.1 Å². The molecule has 0 N–H and O–H groups in total. The van der Waals surface area contributed by atoms with Gasteiger partial charge in [0.2, 0.25) is 0 Å². The molecule has 2 rings (SSSR count). The number of rotatable bonds is 2. The van der Waals surface area contributed by atoms with Gasteiger partial charge in [-0.2, -0.15) is 10.4 Å². The standard InChI is InChI=1S/C12H15N3O/c1-9-7-12(2,3)15(14-9)10(8-13)11-5-4-6-16-11/h4-6,10H,7H2,1-3H3. The number of furan rings is 1. The summed E-state index contributed by atoms with van der Waals surface area (Å²) < 4.78 is 5.29. The van der Waals surface area contributed by atoms with E-state index in [2.05, 4.69) is 25.0 Å². The average Bonchev–Trinajstić information content (AvgIpc) is 2.77. The molecule has 1 atom stereocenters. The summed E-state index contributed by atoms with van der Waals surface area (Å²) in [6.45, 7) is 6.15. The fourth-order valence-corrected chi connectivity index (χ4v) is 2.15. The number of hydrogen-bond acceptors (Lipinski definition) is 4. The molecule has 4 nitrogen and oxygen atoms in total. The van der Waals surface area contributed by atoms with E-state index in [1.165, 1.54) is 0 Å². The average molecular weight is 217 g/mol. The molecule has 0 aliphatic carbocycles. The van der Waals surface area contributed by atoms with E-state index in [1.807, 2.05) is 18.0 Å². The lowest BCUT2D eigenvalue weighted by Crippen LogP contribution is -2.38. The molecule has 0 spiro atoms. The molecule has 1 aliphatic heterocycles. The van der Waals surface area contributed by atoms with E-state index in [4.69, 9.17) is 4.42 Å². The maximum atomic E-state index is 9.26. The number of hydrazone groups is 1. The Morgan fingerprint density at radius 3 is 2.81 bits per heavy atom. The molecule has 1 aliphatic rings. The van der Waals surface area contributed by atoms with Crippen LogP contribution in [0.3, 0.4) is 0 Å². The number of nitriles is 1. The van der Waals surface area contributed by atoms with Crippen molar-refractivity contribution in [2.45, 2.75) is 38.8 Å². The van der Waals surface area contributed by atoms with Crippen LogP contribution in [-0.2, 0) is 0 Å². The Labute approximate surface area is 95.2 Å². The summed E-state index contributed by atoms with van der Waals surface area (Å²) in [5.41, 5.74) is 0.925. The van der Waals surface area contributed by atoms with Crippen molar-refractivity contribution >= 4 is 5.71 Å². The van der Waals surface area contributed by atoms with Crippen LogP contribution in [0, 0.1) is 11.3 Å². The van der Waals surface area contributed by atoms with Crippen LogP contribution in [0.15, 0.2) is 27.9 Å². The van der Waals surface area contributed by atoms with Crippen LogP contribution in [0.1, 0.15) is 39.0 Å². The van der Waals surface area contributed by atoms with Crippen LogP contribution in [0.2, 0.25) is 0 Å². The monoisotopic (exact) mass is 217 g/mol. The maximum absolute atomic E-state index is 9.26. The molecule has 84 valence electrons. The summed E-state index contributed by atoms with van der Waals surface area (Å²) in [6, 6.07) is 5.41. The van der Waals surface area contributed by atoms with Crippen LogP contribution in [0.5, 0.6) is 0 Å². The van der Waals surface area contributed by atoms with Gasteiger partial charge >= 0.3 is 0 Å². The van der Waals surface area contributed by atoms with E-state index < -0.39 is 6.04 Å². The maximum Gasteiger partial charge on any atom is 0.191 e. The Morgan fingerprint density at radius 2 is 2.38 bits per heavy atom. The third-order valence-corrected chi connectivity index (χ3v) is 2.77. The summed E-state index contributed by atoms with van der Waals surface area (Å²) in [6.07, 6.45) is 2.46. The Bertz CT molecular complexity index is 439. The molecule has 0 fully saturated rings. The Hall–Kier alpha value is -1.76. The van der Waals surface area contributed by atoms with Gasteiger partial charge in [-0.1, -0.05) is 0 Å². The van der Waals surface area contributed by atoms with Gasteiger partial charge in [-0.3, -0.25) is 5.01 Å². The van der Waals surface area contributed by atoms with Gasteiger partial charge in [-0.15, -0.1) is 0 Å². The van der Waals surface area contributed by atoms with Crippen molar-refractivity contribution in [2.24, 2.45) is 5.10 Å². The first-order valence-electron chi connectivity index (χ1n) is 5.31. The second-order valence-electron chi connectivity index (χ2n) is 4.72. The normalized spacial score (nSPS) is 20.4. The van der Waals surface area contributed by atoms with Gasteiger partial charge < -0.3 is 4.42 Å². The largest absolute Gasteiger partial charge is 0.466 e. The zero-order chi connectivity index (χ0) is 11.8. The van der Waals surface area contributed by atoms with Crippen molar-refractivity contribution in [3.63, 3.8) is 0 Å². The Kier molecular flexibility index (Phi) is 2.47. The molecule has 0 amide bonds. The fourth-order valence-electron chi connectivity index (χ4n) is 2.15. The highest BCUT2D eigenvalue weighted by atomic mass is 16.3. The van der Waals surface area contributed by atoms with Gasteiger partial charge in [-0.05, 0) is 32.9 Å². The molecular weight excluding hydrogens is 202 g/mol. The lowest BCUT2D eigenvalue weighted by atomic mass is 9.97. The summed E-state index contributed by atoms with van der Waals surface area (Å²) in [5, 5.41) is 15.5. The van der Waals surface area contributed by atoms with Gasteiger partial charge in [-0.25, -0.2) is 0 Å². The minimum atomic E-state index is -0.442. The van der Waals surface area contributed by atoms with Gasteiger partial charge in [0.1, 0.15) is 5.76 Å². The third-order valence-electron chi connectivity index (χ3n) is 2.77. The Morgan fingerprint density at radius 1 is 1.62 bits per heavy atom. The smallest absolute Gasteiger partial charge is 0.191 e. The first-order valence-corrected chi connectivity index (χ1v) is 5.31. The molecule has 1 aromatic heterocycles. The molecular formula is C12H15N3O. The van der Waals surface area contributed by atoms with Crippen LogP contribution in [0.25, 0.3) is 0 Å². The molecule has 2 heterocycles. The SMILES string of the molecule is CC1=NN(C(C#N)c2ccco2)C(C)(C)C1. The molecule has 16 heavy (non-hydrogen) atoms. The molecule has 0 bridgehead atoms. The summed E-state index contributed by atoms with van der Waals surface area (Å²) >= 11 is 0. The number of hydrogen-bond donors (Lipinski definition) is 0. The van der Waals surface area contributed by atoms with E-state index in [0.29, 0.717) is 5.76 Å². The molecule has 4 heteroatoms. The van der Waals surface area contributed by atoms with Crippen molar-refractivity contribution in [1.29, 1.82) is 5.26 Å². The fraction of sp³-hybridized carbons (Fsp3) is 0.500. The predicted molar refractivity (Wildman–Crippen MR) is 60.7 cm³/mol. The van der Waals surface area contributed by atoms with E-state index in [-0.39, 0.29) is 5.54 Å². The lowest BCUT2D eigenvalue weighted by molar-refractivity contribution is 0.111. The van der Waals surface area contributed by atoms with Crippen molar-refractivity contribution in [3.05, 3.63) is 24.2 Å². The summed E-state index contributed by atoms with van der Waals surface area (Å²) in [7, 11) is 0. The molecule has 1 aromatic rings. The first-order chi connectivity index (χ1) is 7.54. The van der Waals surface area contributed by atoms with Crippen LogP contribution < -0.4 is 0 Å². The van der Waals surface area contributed by atoms with Crippen molar-refractivity contribution in [3.8, 4) is 6.07 Å². The van der Waals surface area contributed by atoms with E-state index in [9.17, 15) is 5.26 Å². The Balaban J connectivity index is 2.33.